The molecule has 0 aromatic carbocycles. The van der Waals surface area contributed by atoms with Crippen molar-refractivity contribution in [3.05, 3.63) is 12.7 Å². The van der Waals surface area contributed by atoms with Gasteiger partial charge < -0.3 is 9.53 Å². The minimum atomic E-state index is -1.78. The van der Waals surface area contributed by atoms with E-state index < -0.39 is 14.4 Å². The van der Waals surface area contributed by atoms with Crippen molar-refractivity contribution in [1.29, 1.82) is 0 Å². The summed E-state index contributed by atoms with van der Waals surface area (Å²) in [6.45, 7) is 16.3. The molecule has 0 aromatic rings. The first-order chi connectivity index (χ1) is 6.12. The summed E-state index contributed by atoms with van der Waals surface area (Å²) >= 11 is 0. The van der Waals surface area contributed by atoms with E-state index in [4.69, 9.17) is 4.43 Å². The van der Waals surface area contributed by atoms with E-state index in [2.05, 4.69) is 40.4 Å². The van der Waals surface area contributed by atoms with E-state index >= 15 is 0 Å². The predicted molar refractivity (Wildman–Crippen MR) is 63.9 cm³/mol. The van der Waals surface area contributed by atoms with Crippen molar-refractivity contribution in [3.8, 4) is 0 Å². The third-order valence-electron chi connectivity index (χ3n) is 2.94. The Bertz CT molecular complexity index is 192. The van der Waals surface area contributed by atoms with Gasteiger partial charge >= 0.3 is 0 Å². The summed E-state index contributed by atoms with van der Waals surface area (Å²) in [5.74, 6) is 0. The first-order valence-corrected chi connectivity index (χ1v) is 8.01. The topological polar surface area (TPSA) is 29.5 Å². The van der Waals surface area contributed by atoms with Crippen LogP contribution in [0.2, 0.25) is 18.1 Å². The molecule has 2 atom stereocenters. The van der Waals surface area contributed by atoms with Crippen molar-refractivity contribution < 1.29 is 9.53 Å². The smallest absolute Gasteiger partial charge is 0.193 e. The summed E-state index contributed by atoms with van der Waals surface area (Å²) in [5, 5.41) is 9.64. The van der Waals surface area contributed by atoms with E-state index in [1.165, 1.54) is 0 Å². The Morgan fingerprint density at radius 1 is 1.36 bits per heavy atom. The van der Waals surface area contributed by atoms with Crippen LogP contribution >= 0.6 is 0 Å². The normalized spacial score (nSPS) is 17.6. The second-order valence-electron chi connectivity index (χ2n) is 5.32. The Hall–Kier alpha value is -0.123. The molecule has 14 heavy (non-hydrogen) atoms. The fourth-order valence-corrected chi connectivity index (χ4v) is 2.19. The summed E-state index contributed by atoms with van der Waals surface area (Å²) in [6.07, 6.45) is 0.961. The first-order valence-electron chi connectivity index (χ1n) is 5.10. The number of rotatable bonds is 4. The van der Waals surface area contributed by atoms with Crippen molar-refractivity contribution in [2.75, 3.05) is 0 Å². The van der Waals surface area contributed by atoms with Crippen molar-refractivity contribution in [1.82, 2.24) is 0 Å². The molecule has 84 valence electrons. The third kappa shape index (κ3) is 3.56. The average molecular weight is 216 g/mol. The van der Waals surface area contributed by atoms with E-state index in [-0.39, 0.29) is 11.1 Å². The predicted octanol–water partition coefficient (Wildman–Crippen LogP) is 2.94. The lowest BCUT2D eigenvalue weighted by molar-refractivity contribution is 0.0688. The van der Waals surface area contributed by atoms with Gasteiger partial charge in [0.15, 0.2) is 8.32 Å². The Kier molecular flexibility index (Phi) is 4.56. The number of hydrogen-bond acceptors (Lipinski definition) is 2. The number of aliphatic hydroxyl groups excluding tert-OH is 1. The average Bonchev–Trinajstić information content (AvgIpc) is 1.97. The molecule has 0 radical (unpaired) electrons. The molecule has 1 N–H and O–H groups in total. The highest BCUT2D eigenvalue weighted by atomic mass is 28.4. The molecule has 0 aromatic heterocycles. The molecule has 0 amide bonds. The molecule has 0 rings (SSSR count). The van der Waals surface area contributed by atoms with Gasteiger partial charge in [-0.05, 0) is 25.1 Å². The number of hydrogen-bond donors (Lipinski definition) is 1. The number of aliphatic hydroxyl groups is 1. The molecule has 0 bridgehead atoms. The van der Waals surface area contributed by atoms with Crippen LogP contribution in [0.3, 0.4) is 0 Å². The van der Waals surface area contributed by atoms with E-state index in [0.29, 0.717) is 0 Å². The maximum Gasteiger partial charge on any atom is 0.193 e. The molecular formula is C11H24O2Si. The highest BCUT2D eigenvalue weighted by Gasteiger charge is 2.39. The van der Waals surface area contributed by atoms with Gasteiger partial charge in [0.1, 0.15) is 0 Å². The van der Waals surface area contributed by atoms with Crippen molar-refractivity contribution in [2.45, 2.75) is 58.0 Å². The van der Waals surface area contributed by atoms with Gasteiger partial charge in [0.05, 0.1) is 12.2 Å². The molecule has 2 nitrogen and oxygen atoms in total. The molecule has 0 spiro atoms. The minimum absolute atomic E-state index is 0.170. The molecule has 3 heteroatoms. The van der Waals surface area contributed by atoms with Crippen LogP contribution in [0.1, 0.15) is 27.7 Å². The second-order valence-corrected chi connectivity index (χ2v) is 10.1. The van der Waals surface area contributed by atoms with Crippen LogP contribution in [0.15, 0.2) is 12.7 Å². The minimum Gasteiger partial charge on any atom is -0.408 e. The van der Waals surface area contributed by atoms with Gasteiger partial charge in [-0.1, -0.05) is 26.8 Å². The Morgan fingerprint density at radius 2 is 1.79 bits per heavy atom. The molecule has 0 aliphatic heterocycles. The molecule has 0 aliphatic carbocycles. The van der Waals surface area contributed by atoms with Crippen LogP contribution in [-0.4, -0.2) is 25.6 Å². The molecule has 0 unspecified atom stereocenters. The molecule has 0 heterocycles. The van der Waals surface area contributed by atoms with Gasteiger partial charge in [-0.25, -0.2) is 0 Å². The SMILES string of the molecule is C=C[C@@H](O[Si](C)(C)C(C)(C)C)[C@@H](C)O. The zero-order valence-electron chi connectivity index (χ0n) is 10.3. The molecule has 0 fully saturated rings. The molecule has 0 saturated carbocycles. The van der Waals surface area contributed by atoms with Gasteiger partial charge in [0.25, 0.3) is 0 Å². The Labute approximate surface area is 89.1 Å². The van der Waals surface area contributed by atoms with E-state index in [1.54, 1.807) is 13.0 Å². The second kappa shape index (κ2) is 4.60. The maximum absolute atomic E-state index is 9.47. The fraction of sp³-hybridized carbons (Fsp3) is 0.818. The summed E-state index contributed by atoms with van der Waals surface area (Å²) in [5.41, 5.74) is 0. The molecular weight excluding hydrogens is 192 g/mol. The molecule has 0 aliphatic rings. The van der Waals surface area contributed by atoms with Crippen molar-refractivity contribution in [2.24, 2.45) is 0 Å². The maximum atomic E-state index is 9.47. The van der Waals surface area contributed by atoms with E-state index in [0.717, 1.165) is 0 Å². The van der Waals surface area contributed by atoms with Gasteiger partial charge in [-0.2, -0.15) is 0 Å². The monoisotopic (exact) mass is 216 g/mol. The quantitative estimate of drug-likeness (QED) is 0.578. The van der Waals surface area contributed by atoms with Crippen LogP contribution in [-0.2, 0) is 4.43 Å². The zero-order valence-corrected chi connectivity index (χ0v) is 11.3. The van der Waals surface area contributed by atoms with Gasteiger partial charge in [0.2, 0.25) is 0 Å². The summed E-state index contributed by atoms with van der Waals surface area (Å²) in [7, 11) is -1.78. The third-order valence-corrected chi connectivity index (χ3v) is 7.42. The summed E-state index contributed by atoms with van der Waals surface area (Å²) in [6, 6.07) is 0. The van der Waals surface area contributed by atoms with Gasteiger partial charge in [-0.15, -0.1) is 6.58 Å². The first kappa shape index (κ1) is 13.9. The molecule has 0 saturated heterocycles. The highest BCUT2D eigenvalue weighted by Crippen LogP contribution is 2.37. The van der Waals surface area contributed by atoms with Crippen molar-refractivity contribution >= 4 is 8.32 Å². The zero-order chi connectivity index (χ0) is 11.6. The lowest BCUT2D eigenvalue weighted by Gasteiger charge is -2.39. The Morgan fingerprint density at radius 3 is 2.00 bits per heavy atom. The summed E-state index contributed by atoms with van der Waals surface area (Å²) in [4.78, 5) is 0. The van der Waals surface area contributed by atoms with E-state index in [1.807, 2.05) is 0 Å². The largest absolute Gasteiger partial charge is 0.408 e. The van der Waals surface area contributed by atoms with Crippen LogP contribution in [0.4, 0.5) is 0 Å². The van der Waals surface area contributed by atoms with Crippen LogP contribution in [0, 0.1) is 0 Å². The van der Waals surface area contributed by atoms with Crippen LogP contribution in [0.5, 0.6) is 0 Å². The van der Waals surface area contributed by atoms with Crippen LogP contribution < -0.4 is 0 Å². The van der Waals surface area contributed by atoms with Gasteiger partial charge in [0, 0.05) is 0 Å². The van der Waals surface area contributed by atoms with Crippen LogP contribution in [0.25, 0.3) is 0 Å². The highest BCUT2D eigenvalue weighted by molar-refractivity contribution is 6.74. The van der Waals surface area contributed by atoms with Gasteiger partial charge in [-0.3, -0.25) is 0 Å². The summed E-state index contributed by atoms with van der Waals surface area (Å²) < 4.78 is 5.98. The lowest BCUT2D eigenvalue weighted by Crippen LogP contribution is -2.45. The lowest BCUT2D eigenvalue weighted by atomic mass is 10.2. The van der Waals surface area contributed by atoms with E-state index in [9.17, 15) is 5.11 Å². The standard InChI is InChI=1S/C11H24O2Si/c1-8-10(9(2)12)13-14(6,7)11(3,4)5/h8-10,12H,1H2,2-7H3/t9-,10-/m1/s1. The fourth-order valence-electron chi connectivity index (χ4n) is 0.861. The Balaban J connectivity index is 4.56. The van der Waals surface area contributed by atoms with Crippen molar-refractivity contribution in [3.63, 3.8) is 0 Å².